The first-order valence-corrected chi connectivity index (χ1v) is 9.29. The van der Waals surface area contributed by atoms with E-state index in [1.54, 1.807) is 19.0 Å². The van der Waals surface area contributed by atoms with Crippen LogP contribution in [0.1, 0.15) is 32.8 Å². The highest BCUT2D eigenvalue weighted by molar-refractivity contribution is 5.84. The molecule has 2 N–H and O–H groups in total. The molecule has 0 saturated carbocycles. The fraction of sp³-hybridized carbons (Fsp3) is 0.600. The van der Waals surface area contributed by atoms with E-state index in [2.05, 4.69) is 48.5 Å². The van der Waals surface area contributed by atoms with Gasteiger partial charge in [0.2, 0.25) is 5.91 Å². The number of ether oxygens (including phenoxy) is 1. The Morgan fingerprint density at radius 3 is 2.54 bits per heavy atom. The second-order valence-electron chi connectivity index (χ2n) is 6.89. The van der Waals surface area contributed by atoms with Crippen LogP contribution in [0.25, 0.3) is 0 Å². The summed E-state index contributed by atoms with van der Waals surface area (Å²) in [7, 11) is 3.47. The van der Waals surface area contributed by atoms with E-state index in [1.807, 2.05) is 18.2 Å². The average Bonchev–Trinajstić information content (AvgIpc) is 2.64. The van der Waals surface area contributed by atoms with Crippen molar-refractivity contribution in [3.63, 3.8) is 0 Å². The first-order chi connectivity index (χ1) is 12.4. The number of amides is 1. The molecule has 1 aromatic carbocycles. The molecule has 146 valence electrons. The third-order valence-electron chi connectivity index (χ3n) is 4.00. The highest BCUT2D eigenvalue weighted by atomic mass is 16.5. The van der Waals surface area contributed by atoms with Crippen LogP contribution in [0.3, 0.4) is 0 Å². The van der Waals surface area contributed by atoms with Crippen molar-refractivity contribution < 1.29 is 9.53 Å². The third-order valence-corrected chi connectivity index (χ3v) is 4.00. The number of nitrogens with one attached hydrogen (secondary N) is 2. The van der Waals surface area contributed by atoms with Crippen LogP contribution < -0.4 is 10.6 Å². The van der Waals surface area contributed by atoms with Crippen molar-refractivity contribution in [3.8, 4) is 0 Å². The second kappa shape index (κ2) is 12.3. The van der Waals surface area contributed by atoms with Crippen molar-refractivity contribution in [1.82, 2.24) is 15.5 Å². The number of aliphatic imine (C=N–C) groups is 1. The number of nitrogens with zero attached hydrogens (tertiary/aromatic N) is 2. The van der Waals surface area contributed by atoms with Gasteiger partial charge in [-0.1, -0.05) is 44.2 Å². The Balaban J connectivity index is 2.42. The Bertz CT molecular complexity index is 546. The van der Waals surface area contributed by atoms with Crippen LogP contribution in [0.5, 0.6) is 0 Å². The summed E-state index contributed by atoms with van der Waals surface area (Å²) in [6.45, 7) is 8.48. The monoisotopic (exact) mass is 362 g/mol. The Labute approximate surface area is 158 Å². The molecule has 0 fully saturated rings. The van der Waals surface area contributed by atoms with Gasteiger partial charge in [-0.05, 0) is 24.8 Å². The number of benzene rings is 1. The largest absolute Gasteiger partial charge is 0.376 e. The lowest BCUT2D eigenvalue weighted by atomic mass is 10.2. The number of hydrogen-bond acceptors (Lipinski definition) is 3. The lowest BCUT2D eigenvalue weighted by Crippen LogP contribution is -2.44. The predicted molar refractivity (Wildman–Crippen MR) is 107 cm³/mol. The Morgan fingerprint density at radius 2 is 1.92 bits per heavy atom. The zero-order chi connectivity index (χ0) is 19.4. The van der Waals surface area contributed by atoms with Crippen LogP contribution in [0.4, 0.5) is 0 Å². The zero-order valence-corrected chi connectivity index (χ0v) is 16.8. The maximum absolute atomic E-state index is 11.8. The molecule has 2 unspecified atom stereocenters. The van der Waals surface area contributed by atoms with Gasteiger partial charge in [0.15, 0.2) is 5.96 Å². The molecule has 1 rings (SSSR count). The SMILES string of the molecule is CCC(C)NC(=NCC(=O)N(C)C)NCC(C)COCc1ccccc1. The number of likely N-dealkylation sites (N-methyl/N-ethyl adjacent to an activating group) is 1. The van der Waals surface area contributed by atoms with Crippen LogP contribution in [0, 0.1) is 5.92 Å². The molecule has 1 aromatic rings. The molecule has 6 heteroatoms. The molecular weight excluding hydrogens is 328 g/mol. The topological polar surface area (TPSA) is 66.0 Å². The highest BCUT2D eigenvalue weighted by Crippen LogP contribution is 2.03. The summed E-state index contributed by atoms with van der Waals surface area (Å²) in [5.41, 5.74) is 1.18. The molecule has 0 aromatic heterocycles. The third kappa shape index (κ3) is 9.42. The summed E-state index contributed by atoms with van der Waals surface area (Å²) >= 11 is 0. The maximum atomic E-state index is 11.8. The first kappa shape index (κ1) is 22.0. The van der Waals surface area contributed by atoms with Gasteiger partial charge in [-0.3, -0.25) is 4.79 Å². The van der Waals surface area contributed by atoms with Crippen LogP contribution in [0.15, 0.2) is 35.3 Å². The predicted octanol–water partition coefficient (Wildman–Crippen LogP) is 2.26. The molecular formula is C20H34N4O2. The molecule has 0 aliphatic heterocycles. The van der Waals surface area contributed by atoms with E-state index in [4.69, 9.17) is 4.74 Å². The molecule has 0 spiro atoms. The summed E-state index contributed by atoms with van der Waals surface area (Å²) in [6, 6.07) is 10.4. The molecule has 26 heavy (non-hydrogen) atoms. The minimum atomic E-state index is -0.0190. The summed E-state index contributed by atoms with van der Waals surface area (Å²) < 4.78 is 5.78. The van der Waals surface area contributed by atoms with E-state index < -0.39 is 0 Å². The van der Waals surface area contributed by atoms with E-state index in [0.717, 1.165) is 13.0 Å². The molecule has 0 radical (unpaired) electrons. The van der Waals surface area contributed by atoms with E-state index in [0.29, 0.717) is 31.1 Å². The van der Waals surface area contributed by atoms with Gasteiger partial charge in [-0.2, -0.15) is 0 Å². The van der Waals surface area contributed by atoms with Crippen molar-refractivity contribution in [3.05, 3.63) is 35.9 Å². The number of rotatable bonds is 10. The fourth-order valence-electron chi connectivity index (χ4n) is 2.06. The van der Waals surface area contributed by atoms with Crippen molar-refractivity contribution in [2.45, 2.75) is 39.8 Å². The highest BCUT2D eigenvalue weighted by Gasteiger charge is 2.09. The van der Waals surface area contributed by atoms with Crippen molar-refractivity contribution >= 4 is 11.9 Å². The number of hydrogen-bond donors (Lipinski definition) is 2. The Kier molecular flexibility index (Phi) is 10.4. The van der Waals surface area contributed by atoms with Crippen molar-refractivity contribution in [1.29, 1.82) is 0 Å². The lowest BCUT2D eigenvalue weighted by molar-refractivity contribution is -0.127. The summed E-state index contributed by atoms with van der Waals surface area (Å²) in [5, 5.41) is 6.64. The molecule has 6 nitrogen and oxygen atoms in total. The number of carbonyl (C=O) groups is 1. The fourth-order valence-corrected chi connectivity index (χ4v) is 2.06. The van der Waals surface area contributed by atoms with E-state index in [-0.39, 0.29) is 12.5 Å². The smallest absolute Gasteiger partial charge is 0.243 e. The van der Waals surface area contributed by atoms with Gasteiger partial charge >= 0.3 is 0 Å². The zero-order valence-electron chi connectivity index (χ0n) is 16.8. The maximum Gasteiger partial charge on any atom is 0.243 e. The molecule has 0 aliphatic rings. The molecule has 1 amide bonds. The Hall–Kier alpha value is -2.08. The lowest BCUT2D eigenvalue weighted by Gasteiger charge is -2.20. The first-order valence-electron chi connectivity index (χ1n) is 9.29. The average molecular weight is 363 g/mol. The van der Waals surface area contributed by atoms with Gasteiger partial charge in [0, 0.05) is 26.7 Å². The molecule has 0 aliphatic carbocycles. The van der Waals surface area contributed by atoms with E-state index in [1.165, 1.54) is 5.56 Å². The summed E-state index contributed by atoms with van der Waals surface area (Å²) in [5.74, 6) is 0.978. The van der Waals surface area contributed by atoms with Crippen LogP contribution in [-0.4, -0.2) is 56.6 Å². The minimum absolute atomic E-state index is 0.0190. The van der Waals surface area contributed by atoms with E-state index >= 15 is 0 Å². The van der Waals surface area contributed by atoms with Crippen molar-refractivity contribution in [2.24, 2.45) is 10.9 Å². The van der Waals surface area contributed by atoms with Gasteiger partial charge < -0.3 is 20.3 Å². The van der Waals surface area contributed by atoms with Gasteiger partial charge in [-0.25, -0.2) is 4.99 Å². The van der Waals surface area contributed by atoms with Crippen LogP contribution >= 0.6 is 0 Å². The number of carbonyl (C=O) groups excluding carboxylic acids is 1. The molecule has 0 heterocycles. The summed E-state index contributed by atoms with van der Waals surface area (Å²) in [6.07, 6.45) is 0.984. The minimum Gasteiger partial charge on any atom is -0.376 e. The molecule has 2 atom stereocenters. The van der Waals surface area contributed by atoms with Gasteiger partial charge in [0.25, 0.3) is 0 Å². The van der Waals surface area contributed by atoms with Crippen LogP contribution in [0.2, 0.25) is 0 Å². The normalized spacial score (nSPS) is 13.8. The Morgan fingerprint density at radius 1 is 1.23 bits per heavy atom. The number of guanidine groups is 1. The standard InChI is InChI=1S/C20H34N4O2/c1-6-17(3)23-20(22-13-19(25)24(4)5)21-12-16(2)14-26-15-18-10-8-7-9-11-18/h7-11,16-17H,6,12-15H2,1-5H3,(H2,21,22,23). The quantitative estimate of drug-likeness (QED) is 0.495. The summed E-state index contributed by atoms with van der Waals surface area (Å²) in [4.78, 5) is 17.7. The van der Waals surface area contributed by atoms with Gasteiger partial charge in [0.05, 0.1) is 13.2 Å². The second-order valence-corrected chi connectivity index (χ2v) is 6.89. The van der Waals surface area contributed by atoms with Gasteiger partial charge in [0.1, 0.15) is 6.54 Å². The van der Waals surface area contributed by atoms with E-state index in [9.17, 15) is 4.79 Å². The molecule has 0 saturated heterocycles. The van der Waals surface area contributed by atoms with Crippen LogP contribution in [-0.2, 0) is 16.1 Å². The molecule has 0 bridgehead atoms. The van der Waals surface area contributed by atoms with Gasteiger partial charge in [-0.15, -0.1) is 0 Å². The van der Waals surface area contributed by atoms with Crippen molar-refractivity contribution in [2.75, 3.05) is 33.8 Å².